The smallest absolute Gasteiger partial charge is 0.256 e. The number of rotatable bonds is 1. The maximum atomic E-state index is 14.1. The highest BCUT2D eigenvalue weighted by Crippen LogP contribution is 2.34. The molecule has 0 N–H and O–H groups in total. The maximum Gasteiger partial charge on any atom is 0.256 e. The van der Waals surface area contributed by atoms with Gasteiger partial charge in [0.15, 0.2) is 0 Å². The second-order valence-corrected chi connectivity index (χ2v) is 7.74. The van der Waals surface area contributed by atoms with Gasteiger partial charge in [0, 0.05) is 13.1 Å². The fourth-order valence-electron chi connectivity index (χ4n) is 3.00. The van der Waals surface area contributed by atoms with Crippen LogP contribution in [0.1, 0.15) is 50.4 Å². The Balaban J connectivity index is 2.12. The molecule has 116 valence electrons. The van der Waals surface area contributed by atoms with Gasteiger partial charge >= 0.3 is 0 Å². The molecule has 1 aliphatic heterocycles. The van der Waals surface area contributed by atoms with Crippen LogP contribution in [0.15, 0.2) is 22.7 Å². The van der Waals surface area contributed by atoms with Gasteiger partial charge in [-0.3, -0.25) is 4.79 Å². The zero-order valence-electron chi connectivity index (χ0n) is 13.0. The first kappa shape index (κ1) is 16.5. The van der Waals surface area contributed by atoms with Gasteiger partial charge in [0.1, 0.15) is 5.82 Å². The number of hydrogen-bond acceptors (Lipinski definition) is 1. The van der Waals surface area contributed by atoms with E-state index in [9.17, 15) is 9.18 Å². The predicted octanol–water partition coefficient (Wildman–Crippen LogP) is 4.88. The van der Waals surface area contributed by atoms with E-state index in [1.807, 2.05) is 0 Å². The van der Waals surface area contributed by atoms with Gasteiger partial charge in [-0.1, -0.05) is 26.8 Å². The van der Waals surface area contributed by atoms with Crippen molar-refractivity contribution in [1.82, 2.24) is 4.90 Å². The third kappa shape index (κ3) is 3.85. The van der Waals surface area contributed by atoms with E-state index in [0.717, 1.165) is 25.8 Å². The molecule has 1 unspecified atom stereocenters. The van der Waals surface area contributed by atoms with E-state index in [2.05, 4.69) is 36.7 Å². The van der Waals surface area contributed by atoms with Crippen LogP contribution in [-0.4, -0.2) is 23.9 Å². The van der Waals surface area contributed by atoms with Gasteiger partial charge in [-0.25, -0.2) is 4.39 Å². The van der Waals surface area contributed by atoms with E-state index in [0.29, 0.717) is 16.9 Å². The number of hydrogen-bond donors (Lipinski definition) is 0. The quantitative estimate of drug-likeness (QED) is 0.703. The van der Waals surface area contributed by atoms with E-state index < -0.39 is 5.82 Å². The van der Waals surface area contributed by atoms with Crippen LogP contribution in [0.4, 0.5) is 4.39 Å². The third-order valence-corrected chi connectivity index (χ3v) is 5.03. The van der Waals surface area contributed by atoms with Crippen LogP contribution in [0, 0.1) is 17.2 Å². The lowest BCUT2D eigenvalue weighted by atomic mass is 9.77. The van der Waals surface area contributed by atoms with Gasteiger partial charge in [0.05, 0.1) is 10.0 Å². The molecule has 0 aromatic heterocycles. The highest BCUT2D eigenvalue weighted by Gasteiger charge is 2.29. The minimum Gasteiger partial charge on any atom is -0.339 e. The summed E-state index contributed by atoms with van der Waals surface area (Å²) in [5.41, 5.74) is 0.429. The first-order valence-electron chi connectivity index (χ1n) is 7.54. The molecule has 4 heteroatoms. The molecule has 1 amide bonds. The number of carbonyl (C=O) groups is 1. The maximum absolute atomic E-state index is 14.1. The largest absolute Gasteiger partial charge is 0.339 e. The van der Waals surface area contributed by atoms with Crippen LogP contribution in [0.5, 0.6) is 0 Å². The van der Waals surface area contributed by atoms with Crippen LogP contribution >= 0.6 is 15.9 Å². The molecule has 1 atom stereocenters. The molecule has 0 bridgehead atoms. The molecule has 0 radical (unpaired) electrons. The Morgan fingerprint density at radius 2 is 2.00 bits per heavy atom. The van der Waals surface area contributed by atoms with Gasteiger partial charge in [-0.2, -0.15) is 0 Å². The van der Waals surface area contributed by atoms with Crippen molar-refractivity contribution < 1.29 is 9.18 Å². The van der Waals surface area contributed by atoms with Crippen molar-refractivity contribution in [2.45, 2.75) is 40.0 Å². The van der Waals surface area contributed by atoms with Crippen LogP contribution in [0.25, 0.3) is 0 Å². The predicted molar refractivity (Wildman–Crippen MR) is 86.8 cm³/mol. The van der Waals surface area contributed by atoms with Gasteiger partial charge in [0.25, 0.3) is 5.91 Å². The zero-order chi connectivity index (χ0) is 15.6. The molecule has 1 aliphatic rings. The summed E-state index contributed by atoms with van der Waals surface area (Å²) in [5, 5.41) is 0. The van der Waals surface area contributed by atoms with Gasteiger partial charge in [-0.05, 0) is 58.7 Å². The molecule has 1 aromatic rings. The molecule has 21 heavy (non-hydrogen) atoms. The summed E-state index contributed by atoms with van der Waals surface area (Å²) in [6.07, 6.45) is 3.11. The van der Waals surface area contributed by atoms with Crippen molar-refractivity contribution in [3.63, 3.8) is 0 Å². The minimum absolute atomic E-state index is 0.165. The Hall–Kier alpha value is -0.900. The van der Waals surface area contributed by atoms with Crippen molar-refractivity contribution >= 4 is 21.8 Å². The fourth-order valence-corrected chi connectivity index (χ4v) is 3.37. The van der Waals surface area contributed by atoms with E-state index in [-0.39, 0.29) is 16.9 Å². The van der Waals surface area contributed by atoms with Crippen molar-refractivity contribution in [2.75, 3.05) is 13.1 Å². The lowest BCUT2D eigenvalue weighted by Gasteiger charge is -2.29. The van der Waals surface area contributed by atoms with E-state index in [4.69, 9.17) is 0 Å². The Labute approximate surface area is 134 Å². The number of likely N-dealkylation sites (tertiary alicyclic amines) is 1. The summed E-state index contributed by atoms with van der Waals surface area (Å²) in [5.74, 6) is -0.0369. The van der Waals surface area contributed by atoms with Crippen molar-refractivity contribution in [3.8, 4) is 0 Å². The lowest BCUT2D eigenvalue weighted by Crippen LogP contribution is -2.33. The van der Waals surface area contributed by atoms with Gasteiger partial charge in [-0.15, -0.1) is 0 Å². The third-order valence-electron chi connectivity index (χ3n) is 4.42. The molecular formula is C17H23BrFNO. The number of nitrogens with zero attached hydrogens (tertiary/aromatic N) is 1. The molecular weight excluding hydrogens is 333 g/mol. The Kier molecular flexibility index (Phi) is 5.07. The molecule has 1 heterocycles. The first-order chi connectivity index (χ1) is 9.80. The summed E-state index contributed by atoms with van der Waals surface area (Å²) in [6.45, 7) is 8.19. The molecule has 0 saturated carbocycles. The number of amides is 1. The molecule has 1 fully saturated rings. The minimum atomic E-state index is -0.459. The van der Waals surface area contributed by atoms with Crippen LogP contribution in [-0.2, 0) is 0 Å². The molecule has 0 aliphatic carbocycles. The van der Waals surface area contributed by atoms with Gasteiger partial charge in [0.2, 0.25) is 0 Å². The Morgan fingerprint density at radius 1 is 1.29 bits per heavy atom. The summed E-state index contributed by atoms with van der Waals surface area (Å²) >= 11 is 3.14. The highest BCUT2D eigenvalue weighted by atomic mass is 79.9. The monoisotopic (exact) mass is 355 g/mol. The van der Waals surface area contributed by atoms with E-state index >= 15 is 0 Å². The summed E-state index contributed by atoms with van der Waals surface area (Å²) < 4.78 is 14.4. The number of benzene rings is 1. The molecule has 1 aromatic carbocycles. The first-order valence-corrected chi connectivity index (χ1v) is 8.33. The number of carbonyl (C=O) groups excluding carboxylic acids is 1. The van der Waals surface area contributed by atoms with Crippen LogP contribution in [0.3, 0.4) is 0 Å². The molecule has 2 rings (SSSR count). The molecule has 1 saturated heterocycles. The number of halogens is 2. The van der Waals surface area contributed by atoms with Crippen LogP contribution in [0.2, 0.25) is 0 Å². The van der Waals surface area contributed by atoms with Gasteiger partial charge < -0.3 is 4.90 Å². The highest BCUT2D eigenvalue weighted by molar-refractivity contribution is 9.10. The Morgan fingerprint density at radius 3 is 2.67 bits per heavy atom. The summed E-state index contributed by atoms with van der Waals surface area (Å²) in [6, 6.07) is 4.88. The average molecular weight is 356 g/mol. The molecule has 0 spiro atoms. The Bertz CT molecular complexity index is 524. The zero-order valence-corrected chi connectivity index (χ0v) is 14.5. The second-order valence-electron chi connectivity index (χ2n) is 6.89. The van der Waals surface area contributed by atoms with E-state index in [1.54, 1.807) is 23.1 Å². The molecule has 2 nitrogen and oxygen atoms in total. The summed E-state index contributed by atoms with van der Waals surface area (Å²) in [4.78, 5) is 14.3. The normalized spacial score (nSPS) is 20.2. The summed E-state index contributed by atoms with van der Waals surface area (Å²) in [7, 11) is 0. The van der Waals surface area contributed by atoms with E-state index in [1.165, 1.54) is 0 Å². The van der Waals surface area contributed by atoms with Crippen molar-refractivity contribution in [3.05, 3.63) is 34.1 Å². The second kappa shape index (κ2) is 6.47. The van der Waals surface area contributed by atoms with Crippen LogP contribution < -0.4 is 0 Å². The SMILES string of the molecule is CC(C)(C)C1CCCN(C(=O)c2cccc(Br)c2F)CC1. The van der Waals surface area contributed by atoms with Crippen molar-refractivity contribution in [1.29, 1.82) is 0 Å². The standard InChI is InChI=1S/C17H23BrFNO/c1-17(2,3)12-6-5-10-20(11-9-12)16(21)13-7-4-8-14(18)15(13)19/h4,7-8,12H,5-6,9-11H2,1-3H3. The topological polar surface area (TPSA) is 20.3 Å². The lowest BCUT2D eigenvalue weighted by molar-refractivity contribution is 0.0750. The average Bonchev–Trinajstić information content (AvgIpc) is 2.66. The van der Waals surface area contributed by atoms with Crippen molar-refractivity contribution in [2.24, 2.45) is 11.3 Å². The fraction of sp³-hybridized carbons (Fsp3) is 0.588.